The number of halogens is 1. The molecule has 7 heteroatoms. The van der Waals surface area contributed by atoms with Gasteiger partial charge in [0, 0.05) is 16.9 Å². The maximum atomic E-state index is 12.6. The van der Waals surface area contributed by atoms with Gasteiger partial charge in [0.1, 0.15) is 6.04 Å². The van der Waals surface area contributed by atoms with Crippen molar-refractivity contribution in [3.63, 3.8) is 0 Å². The summed E-state index contributed by atoms with van der Waals surface area (Å²) < 4.78 is 0.839. The van der Waals surface area contributed by atoms with E-state index in [1.807, 2.05) is 25.1 Å². The molecule has 2 fully saturated rings. The molecule has 1 aromatic carbocycles. The van der Waals surface area contributed by atoms with Crippen molar-refractivity contribution in [2.24, 2.45) is 5.73 Å². The number of nitrogens with one attached hydrogen (secondary N) is 1. The van der Waals surface area contributed by atoms with Crippen LogP contribution in [0.25, 0.3) is 0 Å². The Balaban J connectivity index is 1.88. The van der Waals surface area contributed by atoms with Crippen LogP contribution in [0.1, 0.15) is 51.9 Å². The first kappa shape index (κ1) is 19.2. The highest BCUT2D eigenvalue weighted by molar-refractivity contribution is 9.10. The molecule has 1 heterocycles. The topological polar surface area (TPSA) is 95.7 Å². The Bertz CT molecular complexity index is 697. The average Bonchev–Trinajstić information content (AvgIpc) is 2.58. The molecule has 1 aromatic rings. The highest BCUT2D eigenvalue weighted by Gasteiger charge is 2.35. The SMILES string of the molecule is CC1(O)CCC(Nc2ccc(Br)cc2N2C(=O)CCC[C@H]2C(N)=O)CC1. The van der Waals surface area contributed by atoms with Gasteiger partial charge < -0.3 is 16.2 Å². The monoisotopic (exact) mass is 423 g/mol. The fourth-order valence-corrected chi connectivity index (χ4v) is 4.22. The summed E-state index contributed by atoms with van der Waals surface area (Å²) in [5, 5.41) is 13.7. The van der Waals surface area contributed by atoms with Crippen LogP contribution in [0.5, 0.6) is 0 Å². The zero-order valence-corrected chi connectivity index (χ0v) is 16.6. The Labute approximate surface area is 162 Å². The molecule has 0 spiro atoms. The lowest BCUT2D eigenvalue weighted by molar-refractivity contribution is -0.126. The Kier molecular flexibility index (Phi) is 5.58. The minimum Gasteiger partial charge on any atom is -0.390 e. The zero-order valence-electron chi connectivity index (χ0n) is 15.0. The van der Waals surface area contributed by atoms with Crippen molar-refractivity contribution >= 4 is 39.1 Å². The number of benzene rings is 1. The Morgan fingerprint density at radius 1 is 1.35 bits per heavy atom. The van der Waals surface area contributed by atoms with Crippen LogP contribution in [0.15, 0.2) is 22.7 Å². The smallest absolute Gasteiger partial charge is 0.240 e. The fraction of sp³-hybridized carbons (Fsp3) is 0.579. The highest BCUT2D eigenvalue weighted by Crippen LogP contribution is 2.37. The third kappa shape index (κ3) is 4.20. The minimum absolute atomic E-state index is 0.0761. The van der Waals surface area contributed by atoms with E-state index >= 15 is 0 Å². The molecule has 3 rings (SSSR count). The van der Waals surface area contributed by atoms with E-state index in [1.165, 1.54) is 0 Å². The predicted molar refractivity (Wildman–Crippen MR) is 105 cm³/mol. The number of aliphatic hydroxyl groups is 1. The van der Waals surface area contributed by atoms with E-state index in [-0.39, 0.29) is 11.9 Å². The van der Waals surface area contributed by atoms with Crippen LogP contribution in [0, 0.1) is 0 Å². The number of primary amides is 1. The lowest BCUT2D eigenvalue weighted by atomic mass is 9.83. The number of rotatable bonds is 4. The van der Waals surface area contributed by atoms with Gasteiger partial charge >= 0.3 is 0 Å². The Morgan fingerprint density at radius 2 is 2.04 bits per heavy atom. The van der Waals surface area contributed by atoms with Crippen molar-refractivity contribution in [1.29, 1.82) is 0 Å². The van der Waals surface area contributed by atoms with Crippen molar-refractivity contribution in [2.75, 3.05) is 10.2 Å². The summed E-state index contributed by atoms with van der Waals surface area (Å²) >= 11 is 3.46. The highest BCUT2D eigenvalue weighted by atomic mass is 79.9. The summed E-state index contributed by atoms with van der Waals surface area (Å²) in [6.45, 7) is 1.87. The summed E-state index contributed by atoms with van der Waals surface area (Å²) in [5.41, 5.74) is 6.48. The van der Waals surface area contributed by atoms with E-state index < -0.39 is 17.6 Å². The molecule has 2 amide bonds. The van der Waals surface area contributed by atoms with Crippen LogP contribution in [0.2, 0.25) is 0 Å². The van der Waals surface area contributed by atoms with Gasteiger partial charge in [-0.25, -0.2) is 0 Å². The van der Waals surface area contributed by atoms with Gasteiger partial charge in [-0.2, -0.15) is 0 Å². The molecule has 0 bridgehead atoms. The zero-order chi connectivity index (χ0) is 18.9. The van der Waals surface area contributed by atoms with E-state index in [0.717, 1.165) is 35.8 Å². The molecule has 1 atom stereocenters. The third-order valence-electron chi connectivity index (χ3n) is 5.42. The molecule has 1 saturated carbocycles. The van der Waals surface area contributed by atoms with Crippen LogP contribution < -0.4 is 16.0 Å². The fourth-order valence-electron chi connectivity index (χ4n) is 3.87. The third-order valence-corrected chi connectivity index (χ3v) is 5.91. The Hall–Kier alpha value is -1.60. The maximum Gasteiger partial charge on any atom is 0.240 e. The number of nitrogens with two attached hydrogens (primary N) is 1. The van der Waals surface area contributed by atoms with E-state index in [4.69, 9.17) is 5.73 Å². The Morgan fingerprint density at radius 3 is 2.69 bits per heavy atom. The molecule has 26 heavy (non-hydrogen) atoms. The van der Waals surface area contributed by atoms with Crippen molar-refractivity contribution < 1.29 is 14.7 Å². The number of amides is 2. The molecule has 1 saturated heterocycles. The lowest BCUT2D eigenvalue weighted by Crippen LogP contribution is -2.51. The second-order valence-corrected chi connectivity index (χ2v) is 8.57. The summed E-state index contributed by atoms with van der Waals surface area (Å²) in [4.78, 5) is 26.1. The first-order valence-corrected chi connectivity index (χ1v) is 9.96. The summed E-state index contributed by atoms with van der Waals surface area (Å²) in [7, 11) is 0. The second kappa shape index (κ2) is 7.56. The summed E-state index contributed by atoms with van der Waals surface area (Å²) in [6.07, 6.45) is 4.87. The predicted octanol–water partition coefficient (Wildman–Crippen LogP) is 2.93. The number of hydrogen-bond donors (Lipinski definition) is 3. The van der Waals surface area contributed by atoms with E-state index in [9.17, 15) is 14.7 Å². The van der Waals surface area contributed by atoms with Gasteiger partial charge in [0.15, 0.2) is 0 Å². The van der Waals surface area contributed by atoms with Gasteiger partial charge in [-0.1, -0.05) is 15.9 Å². The van der Waals surface area contributed by atoms with Crippen molar-refractivity contribution in [3.05, 3.63) is 22.7 Å². The van der Waals surface area contributed by atoms with Crippen LogP contribution >= 0.6 is 15.9 Å². The molecule has 2 aliphatic rings. The van der Waals surface area contributed by atoms with Gasteiger partial charge in [-0.15, -0.1) is 0 Å². The van der Waals surface area contributed by atoms with Crippen LogP contribution in [0.3, 0.4) is 0 Å². The number of carbonyl (C=O) groups is 2. The molecule has 1 aliphatic carbocycles. The molecule has 6 nitrogen and oxygen atoms in total. The number of carbonyl (C=O) groups excluding carboxylic acids is 2. The summed E-state index contributed by atoms with van der Waals surface area (Å²) in [6, 6.07) is 5.31. The molecular weight excluding hydrogens is 398 g/mol. The number of anilines is 2. The molecule has 4 N–H and O–H groups in total. The summed E-state index contributed by atoms with van der Waals surface area (Å²) in [5.74, 6) is -0.550. The first-order valence-electron chi connectivity index (χ1n) is 9.17. The standard InChI is InChI=1S/C19H26BrN3O3/c1-19(26)9-7-13(8-10-19)22-14-6-5-12(20)11-16(14)23-15(18(21)25)3-2-4-17(23)24/h5-6,11,13,15,22,26H,2-4,7-10H2,1H3,(H2,21,25)/t13?,15-,19?/m0/s1. The van der Waals surface area contributed by atoms with E-state index in [0.29, 0.717) is 24.9 Å². The van der Waals surface area contributed by atoms with Crippen molar-refractivity contribution in [1.82, 2.24) is 0 Å². The molecule has 0 unspecified atom stereocenters. The molecular formula is C19H26BrN3O3. The molecule has 1 aliphatic heterocycles. The van der Waals surface area contributed by atoms with Gasteiger partial charge in [-0.05, 0) is 63.6 Å². The minimum atomic E-state index is -0.613. The number of hydrogen-bond acceptors (Lipinski definition) is 4. The van der Waals surface area contributed by atoms with Gasteiger partial charge in [-0.3, -0.25) is 14.5 Å². The quantitative estimate of drug-likeness (QED) is 0.693. The molecule has 142 valence electrons. The van der Waals surface area contributed by atoms with E-state index in [1.54, 1.807) is 4.90 Å². The number of piperidine rings is 1. The van der Waals surface area contributed by atoms with Crippen LogP contribution in [-0.4, -0.2) is 34.6 Å². The van der Waals surface area contributed by atoms with Gasteiger partial charge in [0.25, 0.3) is 0 Å². The second-order valence-electron chi connectivity index (χ2n) is 7.65. The van der Waals surface area contributed by atoms with Crippen LogP contribution in [0.4, 0.5) is 11.4 Å². The average molecular weight is 424 g/mol. The van der Waals surface area contributed by atoms with Crippen molar-refractivity contribution in [2.45, 2.75) is 69.6 Å². The van der Waals surface area contributed by atoms with Crippen LogP contribution in [-0.2, 0) is 9.59 Å². The van der Waals surface area contributed by atoms with Gasteiger partial charge in [0.05, 0.1) is 17.0 Å². The van der Waals surface area contributed by atoms with Gasteiger partial charge in [0.2, 0.25) is 11.8 Å². The normalized spacial score (nSPS) is 29.5. The lowest BCUT2D eigenvalue weighted by Gasteiger charge is -2.37. The van der Waals surface area contributed by atoms with Crippen molar-refractivity contribution in [3.8, 4) is 0 Å². The largest absolute Gasteiger partial charge is 0.390 e. The number of nitrogens with zero attached hydrogens (tertiary/aromatic N) is 1. The molecule has 0 radical (unpaired) electrons. The first-order chi connectivity index (χ1) is 12.3. The maximum absolute atomic E-state index is 12.6. The van der Waals surface area contributed by atoms with E-state index in [2.05, 4.69) is 21.2 Å². The molecule has 0 aromatic heterocycles.